The van der Waals surface area contributed by atoms with Gasteiger partial charge in [-0.15, -0.1) is 0 Å². The zero-order valence-electron chi connectivity index (χ0n) is 16.1. The largest absolute Gasteiger partial charge is 0.368 e. The molecular weight excluding hydrogens is 342 g/mol. The van der Waals surface area contributed by atoms with Crippen molar-refractivity contribution in [2.24, 2.45) is 17.6 Å². The van der Waals surface area contributed by atoms with E-state index in [0.717, 1.165) is 12.0 Å². The number of amides is 3. The normalized spacial score (nSPS) is 17.5. The number of primary amides is 1. The van der Waals surface area contributed by atoms with Crippen LogP contribution < -0.4 is 11.1 Å². The van der Waals surface area contributed by atoms with Gasteiger partial charge in [0.15, 0.2) is 0 Å². The number of hydrogen-bond donors (Lipinski definition) is 2. The van der Waals surface area contributed by atoms with Crippen molar-refractivity contribution in [1.82, 2.24) is 10.2 Å². The molecule has 0 radical (unpaired) electrons. The lowest BCUT2D eigenvalue weighted by Gasteiger charge is -2.32. The van der Waals surface area contributed by atoms with E-state index in [1.54, 1.807) is 17.1 Å². The number of nitrogens with zero attached hydrogens (tertiary/aromatic N) is 1. The van der Waals surface area contributed by atoms with Gasteiger partial charge in [0.05, 0.1) is 0 Å². The van der Waals surface area contributed by atoms with Crippen molar-refractivity contribution in [3.63, 3.8) is 0 Å². The molecular formula is C21H29N3O3. The molecule has 2 rings (SSSR count). The van der Waals surface area contributed by atoms with E-state index in [4.69, 9.17) is 5.73 Å². The smallest absolute Gasteiger partial charge is 0.246 e. The highest BCUT2D eigenvalue weighted by molar-refractivity contribution is 5.92. The van der Waals surface area contributed by atoms with Gasteiger partial charge in [-0.05, 0) is 30.4 Å². The summed E-state index contributed by atoms with van der Waals surface area (Å²) in [7, 11) is 0. The molecule has 6 heteroatoms. The second-order valence-corrected chi connectivity index (χ2v) is 7.12. The first-order valence-corrected chi connectivity index (χ1v) is 9.54. The molecule has 2 atom stereocenters. The number of benzene rings is 1. The second kappa shape index (κ2) is 9.90. The van der Waals surface area contributed by atoms with E-state index in [9.17, 15) is 14.4 Å². The maximum Gasteiger partial charge on any atom is 0.246 e. The van der Waals surface area contributed by atoms with E-state index in [-0.39, 0.29) is 23.7 Å². The first kappa shape index (κ1) is 20.7. The zero-order chi connectivity index (χ0) is 19.8. The van der Waals surface area contributed by atoms with Gasteiger partial charge in [-0.3, -0.25) is 14.4 Å². The molecule has 0 spiro atoms. The molecule has 2 unspecified atom stereocenters. The summed E-state index contributed by atoms with van der Waals surface area (Å²) in [5.41, 5.74) is 6.39. The average molecular weight is 371 g/mol. The minimum absolute atomic E-state index is 0.00348. The quantitative estimate of drug-likeness (QED) is 0.718. The Kier molecular flexibility index (Phi) is 7.58. The Labute approximate surface area is 160 Å². The predicted molar refractivity (Wildman–Crippen MR) is 105 cm³/mol. The monoisotopic (exact) mass is 371 g/mol. The summed E-state index contributed by atoms with van der Waals surface area (Å²) in [4.78, 5) is 38.2. The van der Waals surface area contributed by atoms with Crippen LogP contribution in [-0.4, -0.2) is 41.8 Å². The number of piperidine rings is 1. The van der Waals surface area contributed by atoms with Gasteiger partial charge in [-0.2, -0.15) is 0 Å². The van der Waals surface area contributed by atoms with E-state index in [0.29, 0.717) is 25.9 Å². The lowest BCUT2D eigenvalue weighted by Crippen LogP contribution is -2.51. The van der Waals surface area contributed by atoms with Crippen LogP contribution in [-0.2, 0) is 14.4 Å². The van der Waals surface area contributed by atoms with Crippen LogP contribution in [0.1, 0.15) is 38.7 Å². The van der Waals surface area contributed by atoms with E-state index in [2.05, 4.69) is 5.32 Å². The highest BCUT2D eigenvalue weighted by Crippen LogP contribution is 2.19. The number of carbonyl (C=O) groups excluding carboxylic acids is 3. The second-order valence-electron chi connectivity index (χ2n) is 7.12. The molecule has 3 amide bonds. The first-order chi connectivity index (χ1) is 12.9. The van der Waals surface area contributed by atoms with Crippen LogP contribution in [0.2, 0.25) is 0 Å². The third-order valence-electron chi connectivity index (χ3n) is 5.21. The molecule has 1 aliphatic rings. The van der Waals surface area contributed by atoms with Crippen molar-refractivity contribution >= 4 is 23.8 Å². The van der Waals surface area contributed by atoms with Crippen molar-refractivity contribution in [3.05, 3.63) is 42.0 Å². The van der Waals surface area contributed by atoms with Gasteiger partial charge in [-0.25, -0.2) is 0 Å². The van der Waals surface area contributed by atoms with Gasteiger partial charge < -0.3 is 16.0 Å². The molecule has 1 aliphatic heterocycles. The Morgan fingerprint density at radius 2 is 1.85 bits per heavy atom. The standard InChI is InChI=1S/C21H29N3O3/c1-3-15(2)19(20(22)26)23-21(27)17-11-13-24(14-12-17)18(25)10-9-16-7-5-4-6-8-16/h4-10,15,17,19H,3,11-14H2,1-2H3,(H2,22,26)(H,23,27)/b10-9+. The van der Waals surface area contributed by atoms with Crippen molar-refractivity contribution in [2.75, 3.05) is 13.1 Å². The topological polar surface area (TPSA) is 92.5 Å². The predicted octanol–water partition coefficient (Wildman–Crippen LogP) is 1.95. The maximum absolute atomic E-state index is 12.5. The molecule has 3 N–H and O–H groups in total. The number of hydrogen-bond acceptors (Lipinski definition) is 3. The lowest BCUT2D eigenvalue weighted by molar-refractivity contribution is -0.134. The van der Waals surface area contributed by atoms with Crippen molar-refractivity contribution < 1.29 is 14.4 Å². The lowest BCUT2D eigenvalue weighted by atomic mass is 9.93. The fourth-order valence-corrected chi connectivity index (χ4v) is 3.20. The Morgan fingerprint density at radius 1 is 1.22 bits per heavy atom. The third-order valence-corrected chi connectivity index (χ3v) is 5.21. The molecule has 6 nitrogen and oxygen atoms in total. The molecule has 0 bridgehead atoms. The van der Waals surface area contributed by atoms with Crippen LogP contribution in [0.15, 0.2) is 36.4 Å². The minimum atomic E-state index is -0.643. The van der Waals surface area contributed by atoms with Crippen molar-refractivity contribution in [2.45, 2.75) is 39.2 Å². The van der Waals surface area contributed by atoms with Crippen LogP contribution in [0.3, 0.4) is 0 Å². The van der Waals surface area contributed by atoms with E-state index >= 15 is 0 Å². The highest BCUT2D eigenvalue weighted by Gasteiger charge is 2.30. The van der Waals surface area contributed by atoms with Crippen molar-refractivity contribution in [3.8, 4) is 0 Å². The summed E-state index contributed by atoms with van der Waals surface area (Å²) < 4.78 is 0. The average Bonchev–Trinajstić information content (AvgIpc) is 2.70. The summed E-state index contributed by atoms with van der Waals surface area (Å²) in [5.74, 6) is -0.899. The summed E-state index contributed by atoms with van der Waals surface area (Å²) in [6, 6.07) is 9.01. The molecule has 146 valence electrons. The van der Waals surface area contributed by atoms with Crippen LogP contribution in [0, 0.1) is 11.8 Å². The Balaban J connectivity index is 1.85. The SMILES string of the molecule is CCC(C)C(NC(=O)C1CCN(C(=O)/C=C/c2ccccc2)CC1)C(N)=O. The number of carbonyl (C=O) groups is 3. The summed E-state index contributed by atoms with van der Waals surface area (Å²) in [6.45, 7) is 4.91. The Bertz CT molecular complexity index is 679. The molecule has 0 saturated carbocycles. The fraction of sp³-hybridized carbons (Fsp3) is 0.476. The van der Waals surface area contributed by atoms with Gasteiger partial charge >= 0.3 is 0 Å². The van der Waals surface area contributed by atoms with E-state index in [1.807, 2.05) is 44.2 Å². The molecule has 1 aromatic rings. The number of rotatable bonds is 7. The number of nitrogens with two attached hydrogens (primary N) is 1. The van der Waals surface area contributed by atoms with Gasteiger partial charge in [0.2, 0.25) is 17.7 Å². The summed E-state index contributed by atoms with van der Waals surface area (Å²) >= 11 is 0. The van der Waals surface area contributed by atoms with Gasteiger partial charge in [0.25, 0.3) is 0 Å². The summed E-state index contributed by atoms with van der Waals surface area (Å²) in [6.07, 6.45) is 5.30. The van der Waals surface area contributed by atoms with Crippen molar-refractivity contribution in [1.29, 1.82) is 0 Å². The molecule has 0 aliphatic carbocycles. The first-order valence-electron chi connectivity index (χ1n) is 9.54. The number of nitrogens with one attached hydrogen (secondary N) is 1. The Hall–Kier alpha value is -2.63. The van der Waals surface area contributed by atoms with Gasteiger partial charge in [0, 0.05) is 25.1 Å². The minimum Gasteiger partial charge on any atom is -0.368 e. The fourth-order valence-electron chi connectivity index (χ4n) is 3.20. The van der Waals surface area contributed by atoms with E-state index < -0.39 is 11.9 Å². The van der Waals surface area contributed by atoms with Crippen LogP contribution in [0.25, 0.3) is 6.08 Å². The van der Waals surface area contributed by atoms with Crippen LogP contribution in [0.4, 0.5) is 0 Å². The van der Waals surface area contributed by atoms with E-state index in [1.165, 1.54) is 0 Å². The van der Waals surface area contributed by atoms with Crippen LogP contribution >= 0.6 is 0 Å². The molecule has 1 saturated heterocycles. The third kappa shape index (κ3) is 5.94. The Morgan fingerprint density at radius 3 is 2.41 bits per heavy atom. The van der Waals surface area contributed by atoms with Crippen LogP contribution in [0.5, 0.6) is 0 Å². The highest BCUT2D eigenvalue weighted by atomic mass is 16.2. The van der Waals surface area contributed by atoms with Gasteiger partial charge in [-0.1, -0.05) is 50.6 Å². The molecule has 1 heterocycles. The zero-order valence-corrected chi connectivity index (χ0v) is 16.1. The number of likely N-dealkylation sites (tertiary alicyclic amines) is 1. The van der Waals surface area contributed by atoms with Gasteiger partial charge in [0.1, 0.15) is 6.04 Å². The molecule has 0 aromatic heterocycles. The maximum atomic E-state index is 12.5. The summed E-state index contributed by atoms with van der Waals surface area (Å²) in [5, 5.41) is 2.80. The molecule has 1 aromatic carbocycles. The molecule has 27 heavy (non-hydrogen) atoms. The molecule has 1 fully saturated rings.